The molecule has 148 valence electrons. The molecule has 0 unspecified atom stereocenters. The van der Waals surface area contributed by atoms with Crippen LogP contribution in [0.4, 0.5) is 0 Å². The van der Waals surface area contributed by atoms with Crippen LogP contribution in [0.3, 0.4) is 0 Å². The van der Waals surface area contributed by atoms with Crippen molar-refractivity contribution in [1.29, 1.82) is 0 Å². The van der Waals surface area contributed by atoms with E-state index < -0.39 is 0 Å². The lowest BCUT2D eigenvalue weighted by Crippen LogP contribution is -2.20. The molecule has 1 aromatic heterocycles. The average molecular weight is 420 g/mol. The predicted molar refractivity (Wildman–Crippen MR) is 125 cm³/mol. The summed E-state index contributed by atoms with van der Waals surface area (Å²) in [5, 5.41) is 1.64. The molecular formula is C27H16O3S. The highest BCUT2D eigenvalue weighted by atomic mass is 32.1. The van der Waals surface area contributed by atoms with Crippen molar-refractivity contribution < 1.29 is 9.59 Å². The smallest absolute Gasteiger partial charge is 0.195 e. The van der Waals surface area contributed by atoms with Crippen molar-refractivity contribution in [2.45, 2.75) is 0 Å². The van der Waals surface area contributed by atoms with Crippen LogP contribution in [-0.4, -0.2) is 11.6 Å². The van der Waals surface area contributed by atoms with Crippen LogP contribution >= 0.6 is 11.3 Å². The third kappa shape index (κ3) is 3.27. The Morgan fingerprint density at radius 2 is 0.742 bits per heavy atom. The lowest BCUT2D eigenvalue weighted by atomic mass is 9.84. The summed E-state index contributed by atoms with van der Waals surface area (Å²) in [7, 11) is 0. The van der Waals surface area contributed by atoms with Crippen molar-refractivity contribution >= 4 is 43.1 Å². The van der Waals surface area contributed by atoms with Gasteiger partial charge < -0.3 is 0 Å². The van der Waals surface area contributed by atoms with Crippen LogP contribution in [0, 0.1) is 0 Å². The molecule has 0 radical (unpaired) electrons. The minimum atomic E-state index is -0.0641. The lowest BCUT2D eigenvalue weighted by molar-refractivity contribution is 0.0979. The van der Waals surface area contributed by atoms with Crippen molar-refractivity contribution in [1.82, 2.24) is 0 Å². The number of carbonyl (C=O) groups excluding carboxylic acids is 2. The van der Waals surface area contributed by atoms with Gasteiger partial charge in [-0.1, -0.05) is 72.8 Å². The van der Waals surface area contributed by atoms with Crippen LogP contribution in [0.15, 0.2) is 102 Å². The van der Waals surface area contributed by atoms with Gasteiger partial charge in [0.2, 0.25) is 0 Å². The van der Waals surface area contributed by atoms with E-state index in [1.807, 2.05) is 48.5 Å². The van der Waals surface area contributed by atoms with Crippen molar-refractivity contribution in [2.75, 3.05) is 0 Å². The van der Waals surface area contributed by atoms with Crippen LogP contribution in [-0.2, 0) is 0 Å². The molecule has 6 rings (SSSR count). The summed E-state index contributed by atoms with van der Waals surface area (Å²) < 4.78 is 2.11. The molecule has 0 bridgehead atoms. The summed E-state index contributed by atoms with van der Waals surface area (Å²) in [4.78, 5) is 36.3. The van der Waals surface area contributed by atoms with Crippen LogP contribution in [0.5, 0.6) is 0 Å². The normalized spacial score (nSPS) is 12.1. The Morgan fingerprint density at radius 1 is 0.419 bits per heavy atom. The van der Waals surface area contributed by atoms with Gasteiger partial charge in [-0.2, -0.15) is 0 Å². The highest BCUT2D eigenvalue weighted by Crippen LogP contribution is 2.26. The first-order valence-electron chi connectivity index (χ1n) is 9.83. The van der Waals surface area contributed by atoms with Crippen LogP contribution in [0.2, 0.25) is 0 Å². The number of hydrogen-bond acceptors (Lipinski definition) is 4. The molecular weight excluding hydrogens is 404 g/mol. The molecule has 0 atom stereocenters. The SMILES string of the molecule is O=C1c2ccccc2C(=O)c2ccccc21.O=c1c2ccccc2sc2ccccc12. The maximum absolute atomic E-state index is 12.1. The zero-order chi connectivity index (χ0) is 21.4. The fourth-order valence-electron chi connectivity index (χ4n) is 3.80. The fraction of sp³-hybridized carbons (Fsp3) is 0. The van der Waals surface area contributed by atoms with Crippen LogP contribution in [0.1, 0.15) is 31.8 Å². The average Bonchev–Trinajstić information content (AvgIpc) is 2.83. The van der Waals surface area contributed by atoms with Crippen molar-refractivity contribution in [3.05, 3.63) is 130 Å². The molecule has 4 heteroatoms. The Morgan fingerprint density at radius 3 is 1.13 bits per heavy atom. The van der Waals surface area contributed by atoms with E-state index in [4.69, 9.17) is 0 Å². The number of ketones is 2. The first kappa shape index (κ1) is 19.1. The number of benzene rings is 4. The quantitative estimate of drug-likeness (QED) is 0.289. The van der Waals surface area contributed by atoms with Gasteiger partial charge in [-0.15, -0.1) is 11.3 Å². The second-order valence-corrected chi connectivity index (χ2v) is 8.26. The largest absolute Gasteiger partial charge is 0.289 e. The second-order valence-electron chi connectivity index (χ2n) is 7.17. The first-order valence-corrected chi connectivity index (χ1v) is 10.6. The standard InChI is InChI=1S/C14H8O2.C13H8OS/c15-13-9-5-1-2-6-10(9)14(16)12-8-4-3-7-11(12)13;14-13-9-5-1-3-7-11(9)15-12-8-4-2-6-10(12)13/h1-8H;1-8H. The Bertz CT molecular complexity index is 1380. The van der Waals surface area contributed by atoms with Crippen molar-refractivity contribution in [2.24, 2.45) is 0 Å². The monoisotopic (exact) mass is 420 g/mol. The second kappa shape index (κ2) is 7.74. The summed E-state index contributed by atoms with van der Waals surface area (Å²) in [5.74, 6) is -0.128. The lowest BCUT2D eigenvalue weighted by Gasteiger charge is -2.16. The minimum Gasteiger partial charge on any atom is -0.289 e. The number of hydrogen-bond donors (Lipinski definition) is 0. The summed E-state index contributed by atoms with van der Waals surface area (Å²) in [5.41, 5.74) is 2.16. The van der Waals surface area contributed by atoms with Gasteiger partial charge in [0.25, 0.3) is 0 Å². The Labute approximate surface area is 182 Å². The molecule has 0 saturated carbocycles. The van der Waals surface area contributed by atoms with Gasteiger partial charge in [-0.05, 0) is 24.3 Å². The maximum atomic E-state index is 12.1. The van der Waals surface area contributed by atoms with E-state index in [0.717, 1.165) is 20.2 Å². The Balaban J connectivity index is 0.000000132. The van der Waals surface area contributed by atoms with Gasteiger partial charge in [0.15, 0.2) is 17.0 Å². The molecule has 5 aromatic rings. The molecule has 1 aliphatic rings. The molecule has 1 aliphatic carbocycles. The van der Waals surface area contributed by atoms with Gasteiger partial charge >= 0.3 is 0 Å². The van der Waals surface area contributed by atoms with Gasteiger partial charge in [0.1, 0.15) is 0 Å². The molecule has 0 N–H and O–H groups in total. The topological polar surface area (TPSA) is 51.2 Å². The Kier molecular flexibility index (Phi) is 4.77. The number of fused-ring (bicyclic) bond motifs is 4. The van der Waals surface area contributed by atoms with Crippen LogP contribution in [0.25, 0.3) is 20.2 Å². The van der Waals surface area contributed by atoms with E-state index in [1.54, 1.807) is 59.9 Å². The summed E-state index contributed by atoms with van der Waals surface area (Å²) in [6, 6.07) is 29.4. The molecule has 0 aliphatic heterocycles. The summed E-state index contributed by atoms with van der Waals surface area (Å²) in [6.45, 7) is 0. The molecule has 31 heavy (non-hydrogen) atoms. The van der Waals surface area contributed by atoms with E-state index in [0.29, 0.717) is 22.3 Å². The van der Waals surface area contributed by atoms with Gasteiger partial charge in [0, 0.05) is 42.4 Å². The summed E-state index contributed by atoms with van der Waals surface area (Å²) in [6.07, 6.45) is 0. The molecule has 0 amide bonds. The van der Waals surface area contributed by atoms with E-state index in [1.165, 1.54) is 0 Å². The number of carbonyl (C=O) groups is 2. The Hall–Kier alpha value is -3.89. The predicted octanol–water partition coefficient (Wildman–Crippen LogP) is 5.88. The number of rotatable bonds is 0. The van der Waals surface area contributed by atoms with Gasteiger partial charge in [-0.25, -0.2) is 0 Å². The third-order valence-electron chi connectivity index (χ3n) is 5.32. The minimum absolute atomic E-state index is 0.0641. The zero-order valence-electron chi connectivity index (χ0n) is 16.4. The molecule has 1 heterocycles. The fourth-order valence-corrected chi connectivity index (χ4v) is 4.87. The maximum Gasteiger partial charge on any atom is 0.195 e. The molecule has 3 nitrogen and oxygen atoms in total. The van der Waals surface area contributed by atoms with E-state index >= 15 is 0 Å². The van der Waals surface area contributed by atoms with Crippen molar-refractivity contribution in [3.63, 3.8) is 0 Å². The van der Waals surface area contributed by atoms with E-state index in [2.05, 4.69) is 0 Å². The van der Waals surface area contributed by atoms with E-state index in [9.17, 15) is 14.4 Å². The van der Waals surface area contributed by atoms with Crippen molar-refractivity contribution in [3.8, 4) is 0 Å². The van der Waals surface area contributed by atoms with Gasteiger partial charge in [0.05, 0.1) is 0 Å². The highest BCUT2D eigenvalue weighted by molar-refractivity contribution is 7.24. The third-order valence-corrected chi connectivity index (χ3v) is 6.47. The highest BCUT2D eigenvalue weighted by Gasteiger charge is 2.28. The van der Waals surface area contributed by atoms with Gasteiger partial charge in [-0.3, -0.25) is 14.4 Å². The zero-order valence-corrected chi connectivity index (χ0v) is 17.2. The molecule has 0 fully saturated rings. The molecule has 4 aromatic carbocycles. The summed E-state index contributed by atoms with van der Waals surface area (Å²) >= 11 is 1.67. The first-order chi connectivity index (χ1) is 15.1. The van der Waals surface area contributed by atoms with E-state index in [-0.39, 0.29) is 17.0 Å². The molecule has 0 spiro atoms. The molecule has 0 saturated heterocycles. The van der Waals surface area contributed by atoms with Crippen LogP contribution < -0.4 is 5.43 Å².